The van der Waals surface area contributed by atoms with Crippen molar-refractivity contribution in [1.82, 2.24) is 4.90 Å². The highest BCUT2D eigenvalue weighted by Crippen LogP contribution is 2.29. The van der Waals surface area contributed by atoms with E-state index in [2.05, 4.69) is 0 Å². The fraction of sp³-hybridized carbons (Fsp3) is 0.385. The zero-order valence-corrected chi connectivity index (χ0v) is 9.96. The maximum absolute atomic E-state index is 12.3. The van der Waals surface area contributed by atoms with Crippen LogP contribution in [0.5, 0.6) is 0 Å². The van der Waals surface area contributed by atoms with Crippen LogP contribution in [0.4, 0.5) is 10.5 Å². The van der Waals surface area contributed by atoms with Crippen molar-refractivity contribution in [3.05, 3.63) is 29.8 Å². The minimum Gasteiger partial charge on any atom is -0.378 e. The minimum absolute atomic E-state index is 0.146. The van der Waals surface area contributed by atoms with Gasteiger partial charge in [-0.15, -0.1) is 0 Å². The van der Waals surface area contributed by atoms with E-state index in [0.29, 0.717) is 32.7 Å². The van der Waals surface area contributed by atoms with Gasteiger partial charge in [-0.2, -0.15) is 0 Å². The summed E-state index contributed by atoms with van der Waals surface area (Å²) in [5.41, 5.74) is 1.64. The summed E-state index contributed by atoms with van der Waals surface area (Å²) in [7, 11) is 0. The molecule has 0 atom stereocenters. The first-order chi connectivity index (χ1) is 8.77. The minimum atomic E-state index is -0.228. The number of urea groups is 1. The van der Waals surface area contributed by atoms with E-state index in [4.69, 9.17) is 4.74 Å². The molecule has 0 unspecified atom stereocenters. The average molecular weight is 246 g/mol. The standard InChI is InChI=1S/C13H14N2O3/c16-12-9-10-3-1-2-4-11(10)15(12)13(17)14-5-7-18-8-6-14/h1-4H,5-9H2. The Balaban J connectivity index is 1.87. The molecule has 94 valence electrons. The molecule has 0 radical (unpaired) electrons. The summed E-state index contributed by atoms with van der Waals surface area (Å²) < 4.78 is 5.21. The number of ether oxygens (including phenoxy) is 1. The lowest BCUT2D eigenvalue weighted by molar-refractivity contribution is -0.116. The molecule has 2 heterocycles. The van der Waals surface area contributed by atoms with Crippen molar-refractivity contribution in [3.63, 3.8) is 0 Å². The van der Waals surface area contributed by atoms with Crippen molar-refractivity contribution in [2.45, 2.75) is 6.42 Å². The molecule has 0 N–H and O–H groups in total. The number of fused-ring (bicyclic) bond motifs is 1. The number of benzene rings is 1. The second-order valence-corrected chi connectivity index (χ2v) is 4.42. The quantitative estimate of drug-likeness (QED) is 0.687. The van der Waals surface area contributed by atoms with Crippen LogP contribution in [0.1, 0.15) is 5.56 Å². The van der Waals surface area contributed by atoms with E-state index in [-0.39, 0.29) is 11.9 Å². The van der Waals surface area contributed by atoms with Crippen LogP contribution < -0.4 is 4.90 Å². The fourth-order valence-corrected chi connectivity index (χ4v) is 2.36. The number of carbonyl (C=O) groups excluding carboxylic acids is 2. The van der Waals surface area contributed by atoms with Gasteiger partial charge in [0, 0.05) is 13.1 Å². The van der Waals surface area contributed by atoms with Crippen LogP contribution >= 0.6 is 0 Å². The number of imide groups is 1. The Labute approximate surface area is 105 Å². The lowest BCUT2D eigenvalue weighted by atomic mass is 10.2. The second kappa shape index (κ2) is 4.42. The number of nitrogens with zero attached hydrogens (tertiary/aromatic N) is 2. The number of para-hydroxylation sites is 1. The van der Waals surface area contributed by atoms with Gasteiger partial charge in [-0.25, -0.2) is 9.69 Å². The molecule has 3 amide bonds. The highest BCUT2D eigenvalue weighted by atomic mass is 16.5. The van der Waals surface area contributed by atoms with Crippen LogP contribution in [0, 0.1) is 0 Å². The van der Waals surface area contributed by atoms with Gasteiger partial charge in [-0.05, 0) is 11.6 Å². The molecule has 0 aromatic heterocycles. The van der Waals surface area contributed by atoms with Crippen LogP contribution in [-0.2, 0) is 16.0 Å². The number of anilines is 1. The predicted molar refractivity (Wildman–Crippen MR) is 65.4 cm³/mol. The van der Waals surface area contributed by atoms with Crippen LogP contribution in [0.15, 0.2) is 24.3 Å². The lowest BCUT2D eigenvalue weighted by Crippen LogP contribution is -2.49. The number of hydrogen-bond donors (Lipinski definition) is 0. The van der Waals surface area contributed by atoms with Gasteiger partial charge in [0.2, 0.25) is 5.91 Å². The molecule has 2 aliphatic rings. The van der Waals surface area contributed by atoms with Crippen molar-refractivity contribution in [1.29, 1.82) is 0 Å². The number of morpholine rings is 1. The number of rotatable bonds is 0. The van der Waals surface area contributed by atoms with Crippen LogP contribution in [0.2, 0.25) is 0 Å². The Bertz CT molecular complexity index is 495. The Kier molecular flexibility index (Phi) is 2.76. The molecule has 1 aromatic carbocycles. The normalized spacial score (nSPS) is 19.0. The largest absolute Gasteiger partial charge is 0.378 e. The Morgan fingerprint density at radius 2 is 1.89 bits per heavy atom. The molecule has 1 fully saturated rings. The van der Waals surface area contributed by atoms with Gasteiger partial charge in [0.05, 0.1) is 25.3 Å². The zero-order chi connectivity index (χ0) is 12.5. The van der Waals surface area contributed by atoms with Crippen molar-refractivity contribution in [3.8, 4) is 0 Å². The fourth-order valence-electron chi connectivity index (χ4n) is 2.36. The van der Waals surface area contributed by atoms with Gasteiger partial charge < -0.3 is 9.64 Å². The third kappa shape index (κ3) is 1.76. The van der Waals surface area contributed by atoms with Gasteiger partial charge in [0.25, 0.3) is 0 Å². The second-order valence-electron chi connectivity index (χ2n) is 4.42. The average Bonchev–Trinajstić information content (AvgIpc) is 2.75. The molecule has 0 saturated carbocycles. The predicted octanol–water partition coefficient (Wildman–Crippen LogP) is 1.03. The molecular weight excluding hydrogens is 232 g/mol. The summed E-state index contributed by atoms with van der Waals surface area (Å²) in [6.45, 7) is 2.17. The van der Waals surface area contributed by atoms with E-state index in [9.17, 15) is 9.59 Å². The molecule has 1 saturated heterocycles. The van der Waals surface area contributed by atoms with E-state index in [1.165, 1.54) is 4.90 Å². The molecule has 18 heavy (non-hydrogen) atoms. The van der Waals surface area contributed by atoms with Crippen LogP contribution in [0.3, 0.4) is 0 Å². The first-order valence-electron chi connectivity index (χ1n) is 6.05. The van der Waals surface area contributed by atoms with Crippen LogP contribution in [0.25, 0.3) is 0 Å². The summed E-state index contributed by atoms with van der Waals surface area (Å²) in [6, 6.07) is 7.21. The van der Waals surface area contributed by atoms with Crippen molar-refractivity contribution >= 4 is 17.6 Å². The van der Waals surface area contributed by atoms with Gasteiger partial charge in [-0.3, -0.25) is 4.79 Å². The SMILES string of the molecule is O=C1Cc2ccccc2N1C(=O)N1CCOCC1. The summed E-state index contributed by atoms with van der Waals surface area (Å²) in [6.07, 6.45) is 0.312. The molecule has 1 aromatic rings. The number of amides is 3. The lowest BCUT2D eigenvalue weighted by Gasteiger charge is -2.30. The summed E-state index contributed by atoms with van der Waals surface area (Å²) in [4.78, 5) is 27.3. The smallest absolute Gasteiger partial charge is 0.331 e. The monoisotopic (exact) mass is 246 g/mol. The summed E-state index contributed by atoms with van der Waals surface area (Å²) >= 11 is 0. The third-order valence-electron chi connectivity index (χ3n) is 3.30. The summed E-state index contributed by atoms with van der Waals surface area (Å²) in [5, 5.41) is 0. The topological polar surface area (TPSA) is 49.9 Å². The summed E-state index contributed by atoms with van der Waals surface area (Å²) in [5.74, 6) is -0.146. The highest BCUT2D eigenvalue weighted by Gasteiger charge is 2.35. The van der Waals surface area contributed by atoms with E-state index in [0.717, 1.165) is 11.3 Å². The maximum Gasteiger partial charge on any atom is 0.331 e. The van der Waals surface area contributed by atoms with Gasteiger partial charge in [0.15, 0.2) is 0 Å². The zero-order valence-electron chi connectivity index (χ0n) is 9.96. The highest BCUT2D eigenvalue weighted by molar-refractivity contribution is 6.18. The van der Waals surface area contributed by atoms with Crippen molar-refractivity contribution in [2.75, 3.05) is 31.2 Å². The first kappa shape index (κ1) is 11.2. The van der Waals surface area contributed by atoms with Gasteiger partial charge in [-0.1, -0.05) is 18.2 Å². The van der Waals surface area contributed by atoms with E-state index < -0.39 is 0 Å². The Morgan fingerprint density at radius 3 is 2.67 bits per heavy atom. The molecule has 5 nitrogen and oxygen atoms in total. The van der Waals surface area contributed by atoms with Crippen molar-refractivity contribution in [2.24, 2.45) is 0 Å². The molecule has 5 heteroatoms. The molecule has 0 spiro atoms. The van der Waals surface area contributed by atoms with Crippen molar-refractivity contribution < 1.29 is 14.3 Å². The van der Waals surface area contributed by atoms with E-state index in [1.807, 2.05) is 24.3 Å². The molecule has 2 aliphatic heterocycles. The number of hydrogen-bond acceptors (Lipinski definition) is 3. The maximum atomic E-state index is 12.3. The first-order valence-corrected chi connectivity index (χ1v) is 6.05. The van der Waals surface area contributed by atoms with E-state index in [1.54, 1.807) is 4.90 Å². The molecule has 0 aliphatic carbocycles. The molecule has 3 rings (SSSR count). The van der Waals surface area contributed by atoms with Crippen LogP contribution in [-0.4, -0.2) is 43.1 Å². The van der Waals surface area contributed by atoms with E-state index >= 15 is 0 Å². The Morgan fingerprint density at radius 1 is 1.17 bits per heavy atom. The third-order valence-corrected chi connectivity index (χ3v) is 3.30. The molecule has 0 bridgehead atoms. The van der Waals surface area contributed by atoms with Gasteiger partial charge in [0.1, 0.15) is 0 Å². The molecular formula is C13H14N2O3. The Hall–Kier alpha value is -1.88. The number of carbonyl (C=O) groups is 2. The van der Waals surface area contributed by atoms with Gasteiger partial charge >= 0.3 is 6.03 Å².